The standard InChI is InChI=1S/C14H20P2/c1-2-8-14(16-11-5-6-12-16)13(7-1)15-9-3-4-10-15/h1-2,7-8H,3-6,9-12H2. The Labute approximate surface area is 101 Å². The molecule has 2 heterocycles. The van der Waals surface area contributed by atoms with E-state index in [4.69, 9.17) is 0 Å². The van der Waals surface area contributed by atoms with Gasteiger partial charge in [0.15, 0.2) is 0 Å². The third kappa shape index (κ3) is 2.20. The number of hydrogen-bond donors (Lipinski definition) is 0. The summed E-state index contributed by atoms with van der Waals surface area (Å²) in [5.74, 6) is 0. The zero-order valence-electron chi connectivity index (χ0n) is 9.86. The first-order valence-corrected chi connectivity index (χ1v) is 9.96. The first-order chi connectivity index (χ1) is 7.95. The van der Waals surface area contributed by atoms with Gasteiger partial charge in [-0.2, -0.15) is 0 Å². The van der Waals surface area contributed by atoms with Gasteiger partial charge >= 0.3 is 0 Å². The largest absolute Gasteiger partial charge is 0.0746 e. The van der Waals surface area contributed by atoms with E-state index in [0.29, 0.717) is 0 Å². The van der Waals surface area contributed by atoms with E-state index in [0.717, 1.165) is 0 Å². The van der Waals surface area contributed by atoms with Crippen LogP contribution in [0.4, 0.5) is 0 Å². The average molecular weight is 250 g/mol. The molecule has 0 bridgehead atoms. The topological polar surface area (TPSA) is 0 Å². The molecule has 0 amide bonds. The number of hydrogen-bond acceptors (Lipinski definition) is 0. The highest BCUT2D eigenvalue weighted by molar-refractivity contribution is 7.72. The SMILES string of the molecule is c1ccc(P2CCCC2)c(P2CCCC2)c1. The first kappa shape index (κ1) is 11.2. The maximum atomic E-state index is 2.45. The highest BCUT2D eigenvalue weighted by atomic mass is 31.1. The molecular weight excluding hydrogens is 230 g/mol. The molecule has 0 nitrogen and oxygen atoms in total. The Hall–Kier alpha value is 0.0800. The monoisotopic (exact) mass is 250 g/mol. The fourth-order valence-corrected chi connectivity index (χ4v) is 8.99. The van der Waals surface area contributed by atoms with Crippen LogP contribution in [0.2, 0.25) is 0 Å². The lowest BCUT2D eigenvalue weighted by atomic mass is 10.4. The van der Waals surface area contributed by atoms with Gasteiger partial charge in [0, 0.05) is 0 Å². The summed E-state index contributed by atoms with van der Waals surface area (Å²) in [7, 11) is 0.478. The van der Waals surface area contributed by atoms with Crippen LogP contribution in [-0.4, -0.2) is 24.6 Å². The van der Waals surface area contributed by atoms with Crippen LogP contribution in [0.1, 0.15) is 25.7 Å². The van der Waals surface area contributed by atoms with Crippen LogP contribution in [-0.2, 0) is 0 Å². The molecule has 2 saturated heterocycles. The lowest BCUT2D eigenvalue weighted by Crippen LogP contribution is -2.22. The van der Waals surface area contributed by atoms with Crippen LogP contribution in [0.3, 0.4) is 0 Å². The quantitative estimate of drug-likeness (QED) is 0.705. The van der Waals surface area contributed by atoms with Crippen LogP contribution in [0.15, 0.2) is 24.3 Å². The highest BCUT2D eigenvalue weighted by Crippen LogP contribution is 2.47. The van der Waals surface area contributed by atoms with Crippen molar-refractivity contribution >= 4 is 26.5 Å². The molecule has 0 saturated carbocycles. The predicted octanol–water partition coefficient (Wildman–Crippen LogP) is 3.49. The van der Waals surface area contributed by atoms with E-state index in [9.17, 15) is 0 Å². The smallest absolute Gasteiger partial charge is 0.0164 e. The van der Waals surface area contributed by atoms with Gasteiger partial charge in [-0.05, 0) is 60.9 Å². The summed E-state index contributed by atoms with van der Waals surface area (Å²) in [4.78, 5) is 0. The summed E-state index contributed by atoms with van der Waals surface area (Å²) in [5.41, 5.74) is 0. The molecule has 1 aromatic rings. The van der Waals surface area contributed by atoms with Gasteiger partial charge in [0.2, 0.25) is 0 Å². The molecule has 0 unspecified atom stereocenters. The fourth-order valence-electron chi connectivity index (χ4n) is 2.92. The second kappa shape index (κ2) is 5.16. The van der Waals surface area contributed by atoms with Crippen molar-refractivity contribution in [2.75, 3.05) is 24.6 Å². The van der Waals surface area contributed by atoms with Crippen molar-refractivity contribution in [1.29, 1.82) is 0 Å². The second-order valence-corrected chi connectivity index (χ2v) is 9.79. The van der Waals surface area contributed by atoms with E-state index in [-0.39, 0.29) is 15.8 Å². The molecule has 3 rings (SSSR count). The molecule has 2 heteroatoms. The van der Waals surface area contributed by atoms with Crippen LogP contribution < -0.4 is 10.6 Å². The highest BCUT2D eigenvalue weighted by Gasteiger charge is 2.24. The van der Waals surface area contributed by atoms with Gasteiger partial charge < -0.3 is 0 Å². The van der Waals surface area contributed by atoms with Gasteiger partial charge in [-0.25, -0.2) is 0 Å². The average Bonchev–Trinajstić information content (AvgIpc) is 3.03. The van der Waals surface area contributed by atoms with E-state index in [1.54, 1.807) is 10.6 Å². The third-order valence-corrected chi connectivity index (χ3v) is 9.52. The van der Waals surface area contributed by atoms with Gasteiger partial charge in [0.05, 0.1) is 0 Å². The van der Waals surface area contributed by atoms with Crippen LogP contribution >= 0.6 is 15.8 Å². The summed E-state index contributed by atoms with van der Waals surface area (Å²) in [6, 6.07) is 9.44. The molecule has 1 aromatic carbocycles. The zero-order chi connectivity index (χ0) is 10.8. The molecule has 86 valence electrons. The molecule has 2 aliphatic rings. The fraction of sp³-hybridized carbons (Fsp3) is 0.571. The first-order valence-electron chi connectivity index (χ1n) is 6.54. The molecule has 0 N–H and O–H groups in total. The third-order valence-electron chi connectivity index (χ3n) is 3.78. The van der Waals surface area contributed by atoms with E-state index < -0.39 is 0 Å². The Morgan fingerprint density at radius 3 is 1.38 bits per heavy atom. The molecule has 16 heavy (non-hydrogen) atoms. The summed E-state index contributed by atoms with van der Waals surface area (Å²) >= 11 is 0. The molecule has 2 aliphatic heterocycles. The maximum absolute atomic E-state index is 2.45. The Kier molecular flexibility index (Phi) is 3.60. The molecular formula is C14H20P2. The Bertz CT molecular complexity index is 315. The normalized spacial score (nSPS) is 23.0. The van der Waals surface area contributed by atoms with Gasteiger partial charge in [-0.1, -0.05) is 40.1 Å². The summed E-state index contributed by atoms with van der Waals surface area (Å²) < 4.78 is 0. The van der Waals surface area contributed by atoms with Crippen LogP contribution in [0, 0.1) is 0 Å². The minimum Gasteiger partial charge on any atom is -0.0746 e. The Balaban J connectivity index is 1.90. The summed E-state index contributed by atoms with van der Waals surface area (Å²) in [6.07, 6.45) is 12.0. The molecule has 0 atom stereocenters. The lowest BCUT2D eigenvalue weighted by Gasteiger charge is -2.20. The summed E-state index contributed by atoms with van der Waals surface area (Å²) in [6.45, 7) is 0. The minimum absolute atomic E-state index is 0.239. The van der Waals surface area contributed by atoms with Crippen molar-refractivity contribution in [3.8, 4) is 0 Å². The van der Waals surface area contributed by atoms with Gasteiger partial charge in [0.1, 0.15) is 0 Å². The summed E-state index contributed by atoms with van der Waals surface area (Å²) in [5, 5.41) is 3.59. The molecule has 0 aromatic heterocycles. The van der Waals surface area contributed by atoms with Gasteiger partial charge in [-0.3, -0.25) is 0 Å². The van der Waals surface area contributed by atoms with Crippen molar-refractivity contribution in [3.05, 3.63) is 24.3 Å². The molecule has 0 aliphatic carbocycles. The van der Waals surface area contributed by atoms with E-state index in [2.05, 4.69) is 24.3 Å². The predicted molar refractivity (Wildman–Crippen MR) is 77.5 cm³/mol. The van der Waals surface area contributed by atoms with Gasteiger partial charge in [-0.15, -0.1) is 0 Å². The lowest BCUT2D eigenvalue weighted by molar-refractivity contribution is 0.949. The zero-order valence-corrected chi connectivity index (χ0v) is 11.6. The number of rotatable bonds is 2. The van der Waals surface area contributed by atoms with E-state index in [1.807, 2.05) is 0 Å². The van der Waals surface area contributed by atoms with Crippen molar-refractivity contribution in [2.45, 2.75) is 25.7 Å². The van der Waals surface area contributed by atoms with E-state index >= 15 is 0 Å². The maximum Gasteiger partial charge on any atom is -0.0164 e. The minimum atomic E-state index is 0.239. The van der Waals surface area contributed by atoms with Crippen molar-refractivity contribution in [3.63, 3.8) is 0 Å². The van der Waals surface area contributed by atoms with Crippen molar-refractivity contribution in [1.82, 2.24) is 0 Å². The van der Waals surface area contributed by atoms with Crippen LogP contribution in [0.5, 0.6) is 0 Å². The van der Waals surface area contributed by atoms with Crippen molar-refractivity contribution in [2.24, 2.45) is 0 Å². The van der Waals surface area contributed by atoms with Gasteiger partial charge in [0.25, 0.3) is 0 Å². The van der Waals surface area contributed by atoms with Crippen molar-refractivity contribution < 1.29 is 0 Å². The Morgan fingerprint density at radius 1 is 0.625 bits per heavy atom. The Morgan fingerprint density at radius 2 is 1.00 bits per heavy atom. The molecule has 0 spiro atoms. The number of benzene rings is 1. The van der Waals surface area contributed by atoms with Crippen LogP contribution in [0.25, 0.3) is 0 Å². The second-order valence-electron chi connectivity index (χ2n) is 4.88. The molecule has 2 fully saturated rings. The molecule has 0 radical (unpaired) electrons. The van der Waals surface area contributed by atoms with E-state index in [1.165, 1.54) is 50.3 Å².